The van der Waals surface area contributed by atoms with Crippen LogP contribution in [-0.4, -0.2) is 33.6 Å². The normalized spacial score (nSPS) is 21.2. The average Bonchev–Trinajstić information content (AvgIpc) is 3.02. The Hall–Kier alpha value is -2.39. The van der Waals surface area contributed by atoms with E-state index in [1.165, 1.54) is 12.1 Å². The van der Waals surface area contributed by atoms with Crippen LogP contribution in [0.25, 0.3) is 0 Å². The number of nitrogens with zero attached hydrogens (tertiary/aromatic N) is 2. The Morgan fingerprint density at radius 2 is 2.00 bits per heavy atom. The highest BCUT2D eigenvalue weighted by atomic mass is 35.5. The quantitative estimate of drug-likeness (QED) is 0.612. The van der Waals surface area contributed by atoms with Crippen LogP contribution in [-0.2, 0) is 4.79 Å². The number of nitrogens with one attached hydrogen (secondary N) is 2. The third kappa shape index (κ3) is 4.62. The van der Waals surface area contributed by atoms with Crippen molar-refractivity contribution < 1.29 is 23.1 Å². The molecule has 1 fully saturated rings. The van der Waals surface area contributed by atoms with Gasteiger partial charge in [0.1, 0.15) is 11.0 Å². The largest absolute Gasteiger partial charge is 0.393 e. The first-order valence-electron chi connectivity index (χ1n) is 9.01. The molecule has 0 bridgehead atoms. The molecule has 29 heavy (non-hydrogen) atoms. The number of hydrogen-bond acceptors (Lipinski definition) is 5. The fraction of sp³-hybridized carbons (Fsp3) is 0.421. The van der Waals surface area contributed by atoms with E-state index in [0.29, 0.717) is 12.2 Å². The monoisotopic (exact) mass is 428 g/mol. The summed E-state index contributed by atoms with van der Waals surface area (Å²) >= 11 is 6.08. The summed E-state index contributed by atoms with van der Waals surface area (Å²) in [7, 11) is 0. The van der Waals surface area contributed by atoms with Gasteiger partial charge in [0.2, 0.25) is 11.9 Å². The molecule has 2 heterocycles. The number of carbonyl (C=O) groups excluding carboxylic acids is 1. The average molecular weight is 429 g/mol. The molecule has 1 aromatic carbocycles. The fourth-order valence-corrected chi connectivity index (χ4v) is 3.60. The number of aliphatic hydroxyl groups is 1. The van der Waals surface area contributed by atoms with Gasteiger partial charge in [-0.1, -0.05) is 23.7 Å². The summed E-state index contributed by atoms with van der Waals surface area (Å²) in [5.74, 6) is -2.08. The molecule has 10 heteroatoms. The van der Waals surface area contributed by atoms with Gasteiger partial charge in [0.25, 0.3) is 6.43 Å². The molecule has 1 aromatic heterocycles. The van der Waals surface area contributed by atoms with Gasteiger partial charge in [-0.05, 0) is 26.0 Å². The van der Waals surface area contributed by atoms with Crippen LogP contribution in [0.15, 0.2) is 24.3 Å². The molecule has 0 radical (unpaired) electrons. The molecule has 6 nitrogen and oxygen atoms in total. The summed E-state index contributed by atoms with van der Waals surface area (Å²) in [6, 6.07) is 4.01. The molecule has 1 aliphatic rings. The number of halogens is 4. The maximum atomic E-state index is 14.2. The molecular weight excluding hydrogens is 409 g/mol. The summed E-state index contributed by atoms with van der Waals surface area (Å²) in [6.07, 6.45) is -3.51. The predicted molar refractivity (Wildman–Crippen MR) is 101 cm³/mol. The Morgan fingerprint density at radius 1 is 1.28 bits per heavy atom. The van der Waals surface area contributed by atoms with E-state index >= 15 is 0 Å². The molecule has 1 unspecified atom stereocenters. The number of anilines is 1. The van der Waals surface area contributed by atoms with Crippen molar-refractivity contribution in [1.82, 2.24) is 15.3 Å². The highest BCUT2D eigenvalue weighted by Gasteiger charge is 2.40. The lowest BCUT2D eigenvalue weighted by Crippen LogP contribution is -2.25. The number of alkyl halides is 2. The Morgan fingerprint density at radius 3 is 2.62 bits per heavy atom. The molecule has 3 rings (SSSR count). The molecule has 0 spiro atoms. The third-order valence-electron chi connectivity index (χ3n) is 4.96. The van der Waals surface area contributed by atoms with Crippen molar-refractivity contribution >= 4 is 23.5 Å². The second-order valence-electron chi connectivity index (χ2n) is 7.01. The summed E-state index contributed by atoms with van der Waals surface area (Å²) in [6.45, 7) is 3.52. The van der Waals surface area contributed by atoms with Crippen LogP contribution in [0.1, 0.15) is 49.1 Å². The van der Waals surface area contributed by atoms with Gasteiger partial charge in [0.05, 0.1) is 23.8 Å². The number of hydrogen-bond donors (Lipinski definition) is 3. The van der Waals surface area contributed by atoms with Gasteiger partial charge in [-0.15, -0.1) is 0 Å². The van der Waals surface area contributed by atoms with Gasteiger partial charge in [0.15, 0.2) is 0 Å². The Bertz CT molecular complexity index is 913. The van der Waals surface area contributed by atoms with Crippen molar-refractivity contribution in [2.24, 2.45) is 5.92 Å². The van der Waals surface area contributed by atoms with Gasteiger partial charge in [-0.25, -0.2) is 23.1 Å². The lowest BCUT2D eigenvalue weighted by Gasteiger charge is -2.20. The van der Waals surface area contributed by atoms with E-state index in [0.717, 1.165) is 12.1 Å². The number of aromatic nitrogens is 2. The molecule has 1 saturated heterocycles. The van der Waals surface area contributed by atoms with Crippen LogP contribution in [0, 0.1) is 11.7 Å². The molecule has 156 valence electrons. The molecule has 3 N–H and O–H groups in total. The van der Waals surface area contributed by atoms with Crippen LogP contribution in [0.5, 0.6) is 0 Å². The standard InChI is InChI=1S/C19H20ClF3N4O2/c1-8(11-4-3-10(17(22)23)5-13(11)21)25-19-26-14(6-15(20)27-19)16-12(9(2)28)7-24-18(16)29/h3-6,8-9,12,16-17,28H,7H2,1-2H3,(H,24,29)(H,25,26,27)/t8-,9+,12?,16+/m0/s1. The fourth-order valence-electron chi connectivity index (χ4n) is 3.40. The van der Waals surface area contributed by atoms with Gasteiger partial charge >= 0.3 is 0 Å². The van der Waals surface area contributed by atoms with Crippen molar-refractivity contribution in [2.75, 3.05) is 11.9 Å². The summed E-state index contributed by atoms with van der Waals surface area (Å²) < 4.78 is 39.7. The van der Waals surface area contributed by atoms with Crippen LogP contribution in [0.4, 0.5) is 19.1 Å². The molecule has 0 saturated carbocycles. The Balaban J connectivity index is 1.86. The van der Waals surface area contributed by atoms with Crippen LogP contribution < -0.4 is 10.6 Å². The van der Waals surface area contributed by atoms with E-state index in [4.69, 9.17) is 11.6 Å². The Kier molecular flexibility index (Phi) is 6.28. The van der Waals surface area contributed by atoms with Crippen molar-refractivity contribution in [3.05, 3.63) is 52.1 Å². The summed E-state index contributed by atoms with van der Waals surface area (Å²) in [5.41, 5.74) is 0.0743. The minimum atomic E-state index is -2.76. The number of carbonyl (C=O) groups is 1. The van der Waals surface area contributed by atoms with E-state index < -0.39 is 35.9 Å². The highest BCUT2D eigenvalue weighted by Crippen LogP contribution is 2.32. The maximum Gasteiger partial charge on any atom is 0.263 e. The molecule has 1 aliphatic heterocycles. The lowest BCUT2D eigenvalue weighted by atomic mass is 9.88. The predicted octanol–water partition coefficient (Wildman–Crippen LogP) is 3.59. The smallest absolute Gasteiger partial charge is 0.263 e. The molecular formula is C19H20ClF3N4O2. The van der Waals surface area contributed by atoms with Crippen molar-refractivity contribution in [3.8, 4) is 0 Å². The van der Waals surface area contributed by atoms with Gasteiger partial charge in [-0.2, -0.15) is 0 Å². The number of aliphatic hydroxyl groups excluding tert-OH is 1. The zero-order chi connectivity index (χ0) is 21.3. The first-order valence-corrected chi connectivity index (χ1v) is 9.39. The van der Waals surface area contributed by atoms with E-state index in [1.54, 1.807) is 13.8 Å². The van der Waals surface area contributed by atoms with Crippen LogP contribution >= 0.6 is 11.6 Å². The molecule has 1 amide bonds. The maximum absolute atomic E-state index is 14.2. The lowest BCUT2D eigenvalue weighted by molar-refractivity contribution is -0.121. The van der Waals surface area contributed by atoms with E-state index in [9.17, 15) is 23.1 Å². The number of benzene rings is 1. The van der Waals surface area contributed by atoms with E-state index in [2.05, 4.69) is 20.6 Å². The van der Waals surface area contributed by atoms with E-state index in [1.807, 2.05) is 0 Å². The summed E-state index contributed by atoms with van der Waals surface area (Å²) in [5, 5.41) is 15.6. The zero-order valence-corrected chi connectivity index (χ0v) is 16.4. The Labute approximate surface area is 170 Å². The SMILES string of the molecule is C[C@H](Nc1nc(Cl)cc([C@@H]2C(=O)NCC2[C@@H](C)O)n1)c1ccc(C(F)F)cc1F. The topological polar surface area (TPSA) is 87.1 Å². The second kappa shape index (κ2) is 8.54. The van der Waals surface area contributed by atoms with Gasteiger partial charge in [-0.3, -0.25) is 4.79 Å². The van der Waals surface area contributed by atoms with Crippen molar-refractivity contribution in [3.63, 3.8) is 0 Å². The summed E-state index contributed by atoms with van der Waals surface area (Å²) in [4.78, 5) is 20.6. The first kappa shape index (κ1) is 21.3. The molecule has 4 atom stereocenters. The van der Waals surface area contributed by atoms with Gasteiger partial charge < -0.3 is 15.7 Å². The third-order valence-corrected chi connectivity index (χ3v) is 5.16. The number of rotatable bonds is 6. The first-order chi connectivity index (χ1) is 13.7. The van der Waals surface area contributed by atoms with Crippen molar-refractivity contribution in [1.29, 1.82) is 0 Å². The van der Waals surface area contributed by atoms with Crippen LogP contribution in [0.3, 0.4) is 0 Å². The number of amides is 1. The minimum Gasteiger partial charge on any atom is -0.393 e. The van der Waals surface area contributed by atoms with Crippen molar-refractivity contribution in [2.45, 2.75) is 38.3 Å². The molecule has 2 aromatic rings. The van der Waals surface area contributed by atoms with Gasteiger partial charge in [0, 0.05) is 23.6 Å². The highest BCUT2D eigenvalue weighted by molar-refractivity contribution is 6.29. The minimum absolute atomic E-state index is 0.0568. The second-order valence-corrected chi connectivity index (χ2v) is 7.40. The van der Waals surface area contributed by atoms with E-state index in [-0.39, 0.29) is 28.5 Å². The molecule has 0 aliphatic carbocycles. The zero-order valence-electron chi connectivity index (χ0n) is 15.7. The van der Waals surface area contributed by atoms with Crippen LogP contribution in [0.2, 0.25) is 5.15 Å².